The molecule has 2 N–H and O–H groups in total. The van der Waals surface area contributed by atoms with Crippen molar-refractivity contribution in [3.05, 3.63) is 59.7 Å². The topological polar surface area (TPSA) is 90.9 Å². The highest BCUT2D eigenvalue weighted by molar-refractivity contribution is 8.15. The van der Waals surface area contributed by atoms with Crippen molar-refractivity contribution >= 4 is 46.0 Å². The molecule has 2 aromatic rings. The molecule has 1 fully saturated rings. The highest BCUT2D eigenvalue weighted by Crippen LogP contribution is 2.29. The predicted octanol–water partition coefficient (Wildman–Crippen LogP) is 3.67. The number of hydrogen-bond donors (Lipinski definition) is 2. The Morgan fingerprint density at radius 1 is 1.00 bits per heavy atom. The number of likely N-dealkylation sites (tertiary alicyclic amines) is 1. The minimum atomic E-state index is -0.477. The Bertz CT molecular complexity index is 1010. The van der Waals surface area contributed by atoms with E-state index in [0.29, 0.717) is 11.3 Å². The molecule has 1 atom stereocenters. The van der Waals surface area contributed by atoms with Gasteiger partial charge in [0, 0.05) is 36.4 Å². The summed E-state index contributed by atoms with van der Waals surface area (Å²) in [5.74, 6) is -0.716. The molecule has 4 rings (SSSR count). The summed E-state index contributed by atoms with van der Waals surface area (Å²) in [6, 6.07) is 14.2. The lowest BCUT2D eigenvalue weighted by atomic mass is 10.1. The number of amides is 3. The Morgan fingerprint density at radius 2 is 1.61 bits per heavy atom. The van der Waals surface area contributed by atoms with E-state index in [4.69, 9.17) is 0 Å². The Kier molecular flexibility index (Phi) is 6.36. The maximum Gasteiger partial charge on any atom is 0.262 e. The third-order valence-corrected chi connectivity index (χ3v) is 6.43. The fourth-order valence-corrected chi connectivity index (χ4v) is 4.60. The van der Waals surface area contributed by atoms with Crippen LogP contribution in [0.3, 0.4) is 0 Å². The predicted molar refractivity (Wildman–Crippen MR) is 123 cm³/mol. The number of nitrogens with one attached hydrogen (secondary N) is 2. The first kappa shape index (κ1) is 21.1. The summed E-state index contributed by atoms with van der Waals surface area (Å²) < 4.78 is 0. The number of nitrogens with zero attached hydrogens (tertiary/aromatic N) is 2. The number of carbonyl (C=O) groups excluding carboxylic acids is 3. The van der Waals surface area contributed by atoms with Crippen LogP contribution >= 0.6 is 11.8 Å². The van der Waals surface area contributed by atoms with E-state index in [1.54, 1.807) is 24.3 Å². The first-order valence-corrected chi connectivity index (χ1v) is 11.2. The molecule has 2 aromatic carbocycles. The molecule has 1 saturated heterocycles. The fraction of sp³-hybridized carbons (Fsp3) is 0.304. The second-order valence-electron chi connectivity index (χ2n) is 7.68. The molecule has 0 spiro atoms. The van der Waals surface area contributed by atoms with Gasteiger partial charge < -0.3 is 15.5 Å². The summed E-state index contributed by atoms with van der Waals surface area (Å²) in [6.45, 7) is 3.82. The molecule has 0 aliphatic carbocycles. The van der Waals surface area contributed by atoms with Crippen molar-refractivity contribution < 1.29 is 14.4 Å². The van der Waals surface area contributed by atoms with Crippen molar-refractivity contribution in [3.8, 4) is 0 Å². The van der Waals surface area contributed by atoms with Gasteiger partial charge in [-0.3, -0.25) is 14.4 Å². The van der Waals surface area contributed by atoms with Gasteiger partial charge in [0.1, 0.15) is 5.25 Å². The van der Waals surface area contributed by atoms with Gasteiger partial charge in [0.05, 0.1) is 0 Å². The van der Waals surface area contributed by atoms with Crippen LogP contribution in [0.1, 0.15) is 35.2 Å². The Morgan fingerprint density at radius 3 is 2.29 bits per heavy atom. The fourth-order valence-electron chi connectivity index (χ4n) is 3.48. The summed E-state index contributed by atoms with van der Waals surface area (Å²) in [4.78, 5) is 43.2. The number of aliphatic imine (C=N–C) groups is 1. The van der Waals surface area contributed by atoms with Crippen molar-refractivity contribution in [1.29, 1.82) is 0 Å². The minimum absolute atomic E-state index is 0.0694. The normalized spacial score (nSPS) is 18.1. The number of amidine groups is 1. The van der Waals surface area contributed by atoms with Crippen molar-refractivity contribution in [2.24, 2.45) is 4.99 Å². The van der Waals surface area contributed by atoms with E-state index >= 15 is 0 Å². The highest BCUT2D eigenvalue weighted by Gasteiger charge is 2.33. The van der Waals surface area contributed by atoms with E-state index in [9.17, 15) is 14.4 Å². The molecular formula is C23H24N4O3S. The quantitative estimate of drug-likeness (QED) is 0.746. The summed E-state index contributed by atoms with van der Waals surface area (Å²) in [5, 5.41) is 5.90. The third kappa shape index (κ3) is 5.32. The lowest BCUT2D eigenvalue weighted by Crippen LogP contribution is -2.25. The first-order valence-electron chi connectivity index (χ1n) is 10.3. The summed E-state index contributed by atoms with van der Waals surface area (Å²) in [5.41, 5.74) is 2.91. The minimum Gasteiger partial charge on any atom is -0.351 e. The second kappa shape index (κ2) is 9.34. The van der Waals surface area contributed by atoms with Crippen molar-refractivity contribution in [3.63, 3.8) is 0 Å². The lowest BCUT2D eigenvalue weighted by Gasteiger charge is -2.16. The third-order valence-electron chi connectivity index (χ3n) is 5.22. The average Bonchev–Trinajstić information content (AvgIpc) is 3.40. The molecule has 8 heteroatoms. The van der Waals surface area contributed by atoms with Crippen LogP contribution in [0.25, 0.3) is 0 Å². The maximum atomic E-state index is 12.4. The van der Waals surface area contributed by atoms with Gasteiger partial charge in [0.15, 0.2) is 5.17 Å². The van der Waals surface area contributed by atoms with Gasteiger partial charge in [-0.15, -0.1) is 0 Å². The van der Waals surface area contributed by atoms with E-state index in [1.807, 2.05) is 31.2 Å². The van der Waals surface area contributed by atoms with Gasteiger partial charge in [-0.1, -0.05) is 29.5 Å². The lowest BCUT2D eigenvalue weighted by molar-refractivity contribution is -0.121. The Labute approximate surface area is 185 Å². The largest absolute Gasteiger partial charge is 0.351 e. The molecule has 7 nitrogen and oxygen atoms in total. The SMILES string of the molecule is Cc1ccc(NC(=O)c2ccc(NC(=O)CC3SC(N4CCCC4)=NC3=O)cc2)cc1. The number of carbonyl (C=O) groups is 3. The number of hydrogen-bond acceptors (Lipinski definition) is 5. The molecule has 160 valence electrons. The standard InChI is InChI=1S/C23H24N4O3S/c1-15-4-8-18(9-5-15)25-21(29)16-6-10-17(11-7-16)24-20(28)14-19-22(30)26-23(31-19)27-12-2-3-13-27/h4-11,19H,2-3,12-14H2,1H3,(H,24,28)(H,25,29). The van der Waals surface area contributed by atoms with Crippen LogP contribution in [-0.4, -0.2) is 46.1 Å². The molecule has 2 heterocycles. The number of thioether (sulfide) groups is 1. The maximum absolute atomic E-state index is 12.4. The van der Waals surface area contributed by atoms with E-state index in [-0.39, 0.29) is 24.1 Å². The Hall–Kier alpha value is -3.13. The van der Waals surface area contributed by atoms with E-state index in [1.165, 1.54) is 11.8 Å². The number of aryl methyl sites for hydroxylation is 1. The number of benzene rings is 2. The van der Waals surface area contributed by atoms with Crippen LogP contribution in [-0.2, 0) is 9.59 Å². The van der Waals surface area contributed by atoms with E-state index in [0.717, 1.165) is 42.3 Å². The van der Waals surface area contributed by atoms with Crippen LogP contribution in [0.15, 0.2) is 53.5 Å². The van der Waals surface area contributed by atoms with Gasteiger partial charge in [-0.05, 0) is 56.2 Å². The smallest absolute Gasteiger partial charge is 0.262 e. The van der Waals surface area contributed by atoms with Crippen molar-refractivity contribution in [2.75, 3.05) is 23.7 Å². The summed E-state index contributed by atoms with van der Waals surface area (Å²) >= 11 is 1.38. The zero-order valence-corrected chi connectivity index (χ0v) is 18.1. The molecular weight excluding hydrogens is 412 g/mol. The molecule has 31 heavy (non-hydrogen) atoms. The second-order valence-corrected chi connectivity index (χ2v) is 8.85. The molecule has 0 bridgehead atoms. The number of anilines is 2. The van der Waals surface area contributed by atoms with Crippen LogP contribution in [0.5, 0.6) is 0 Å². The molecule has 3 amide bonds. The van der Waals surface area contributed by atoms with Gasteiger partial charge in [0.2, 0.25) is 5.91 Å². The highest BCUT2D eigenvalue weighted by atomic mass is 32.2. The molecule has 2 aliphatic heterocycles. The first-order chi connectivity index (χ1) is 15.0. The molecule has 0 aromatic heterocycles. The van der Waals surface area contributed by atoms with E-state index < -0.39 is 5.25 Å². The zero-order chi connectivity index (χ0) is 21.8. The molecule has 2 aliphatic rings. The van der Waals surface area contributed by atoms with E-state index in [2.05, 4.69) is 20.5 Å². The van der Waals surface area contributed by atoms with Gasteiger partial charge in [-0.2, -0.15) is 4.99 Å². The van der Waals surface area contributed by atoms with Crippen LogP contribution < -0.4 is 10.6 Å². The van der Waals surface area contributed by atoms with Crippen LogP contribution in [0.2, 0.25) is 0 Å². The molecule has 0 saturated carbocycles. The van der Waals surface area contributed by atoms with Crippen LogP contribution in [0, 0.1) is 6.92 Å². The monoisotopic (exact) mass is 436 g/mol. The average molecular weight is 437 g/mol. The van der Waals surface area contributed by atoms with Gasteiger partial charge in [-0.25, -0.2) is 0 Å². The molecule has 1 unspecified atom stereocenters. The number of rotatable bonds is 5. The summed E-state index contributed by atoms with van der Waals surface area (Å²) in [6.07, 6.45) is 2.29. The summed E-state index contributed by atoms with van der Waals surface area (Å²) in [7, 11) is 0. The molecule has 0 radical (unpaired) electrons. The van der Waals surface area contributed by atoms with Crippen molar-refractivity contribution in [2.45, 2.75) is 31.4 Å². The zero-order valence-electron chi connectivity index (χ0n) is 17.3. The Balaban J connectivity index is 1.28. The van der Waals surface area contributed by atoms with Gasteiger partial charge in [0.25, 0.3) is 11.8 Å². The van der Waals surface area contributed by atoms with Crippen molar-refractivity contribution in [1.82, 2.24) is 4.90 Å². The van der Waals surface area contributed by atoms with Crippen LogP contribution in [0.4, 0.5) is 11.4 Å². The van der Waals surface area contributed by atoms with Gasteiger partial charge >= 0.3 is 0 Å².